The van der Waals surface area contributed by atoms with Gasteiger partial charge in [-0.1, -0.05) is 48.5 Å². The molecule has 9 heteroatoms. The molecule has 5 nitrogen and oxygen atoms in total. The van der Waals surface area contributed by atoms with Crippen molar-refractivity contribution in [1.82, 2.24) is 14.5 Å². The van der Waals surface area contributed by atoms with Gasteiger partial charge in [-0.2, -0.15) is 13.2 Å². The van der Waals surface area contributed by atoms with E-state index in [4.69, 9.17) is 17.0 Å². The first-order valence-corrected chi connectivity index (χ1v) is 11.2. The van der Waals surface area contributed by atoms with Crippen molar-refractivity contribution in [3.63, 3.8) is 0 Å². The summed E-state index contributed by atoms with van der Waals surface area (Å²) >= 11 is 5.38. The summed E-state index contributed by atoms with van der Waals surface area (Å²) in [7, 11) is 0. The van der Waals surface area contributed by atoms with E-state index in [9.17, 15) is 18.0 Å². The summed E-state index contributed by atoms with van der Waals surface area (Å²) in [6.07, 6.45) is -4.81. The number of ether oxygens (including phenoxy) is 1. The summed E-state index contributed by atoms with van der Waals surface area (Å²) in [5, 5.41) is 1.20. The van der Waals surface area contributed by atoms with E-state index in [1.807, 2.05) is 30.3 Å². The Kier molecular flexibility index (Phi) is 5.64. The highest BCUT2D eigenvalue weighted by Gasteiger charge is 2.36. The molecule has 0 radical (unpaired) electrons. The van der Waals surface area contributed by atoms with Gasteiger partial charge in [0.25, 0.3) is 5.56 Å². The van der Waals surface area contributed by atoms with Crippen LogP contribution in [-0.2, 0) is 6.18 Å². The number of alkyl halides is 3. The second-order valence-electron chi connectivity index (χ2n) is 7.81. The van der Waals surface area contributed by atoms with Gasteiger partial charge < -0.3 is 4.74 Å². The summed E-state index contributed by atoms with van der Waals surface area (Å²) in [4.78, 5) is 19.7. The zero-order chi connectivity index (χ0) is 24.7. The molecular formula is C26H18F3N3O2S. The third-order valence-corrected chi connectivity index (χ3v) is 5.90. The van der Waals surface area contributed by atoms with Crippen molar-refractivity contribution in [2.45, 2.75) is 13.1 Å². The monoisotopic (exact) mass is 493 g/mol. The van der Waals surface area contributed by atoms with Crippen molar-refractivity contribution < 1.29 is 17.9 Å². The molecule has 0 amide bonds. The molecule has 0 aliphatic carbocycles. The lowest BCUT2D eigenvalue weighted by molar-refractivity contribution is -0.136. The van der Waals surface area contributed by atoms with Crippen LogP contribution in [0.3, 0.4) is 0 Å². The van der Waals surface area contributed by atoms with Gasteiger partial charge in [0.1, 0.15) is 5.75 Å². The maximum absolute atomic E-state index is 14.2. The Morgan fingerprint density at radius 3 is 2.46 bits per heavy atom. The smallest absolute Gasteiger partial charge is 0.417 e. The maximum atomic E-state index is 14.2. The van der Waals surface area contributed by atoms with E-state index in [0.29, 0.717) is 23.6 Å². The Morgan fingerprint density at radius 2 is 1.71 bits per heavy atom. The molecule has 3 aromatic carbocycles. The molecule has 0 unspecified atom stereocenters. The molecule has 0 bridgehead atoms. The molecule has 2 aromatic heterocycles. The summed E-state index contributed by atoms with van der Waals surface area (Å²) < 4.78 is 49.6. The molecule has 5 rings (SSSR count). The molecule has 0 saturated heterocycles. The van der Waals surface area contributed by atoms with E-state index in [2.05, 4.69) is 9.97 Å². The molecule has 1 N–H and O–H groups in total. The second-order valence-corrected chi connectivity index (χ2v) is 8.20. The maximum Gasteiger partial charge on any atom is 0.417 e. The zero-order valence-electron chi connectivity index (χ0n) is 18.4. The number of benzene rings is 3. The van der Waals surface area contributed by atoms with Gasteiger partial charge in [-0.25, -0.2) is 4.98 Å². The number of halogens is 3. The van der Waals surface area contributed by atoms with Gasteiger partial charge in [-0.3, -0.25) is 14.3 Å². The van der Waals surface area contributed by atoms with Crippen LogP contribution in [0.5, 0.6) is 5.75 Å². The van der Waals surface area contributed by atoms with Gasteiger partial charge >= 0.3 is 6.18 Å². The fourth-order valence-corrected chi connectivity index (χ4v) is 4.37. The minimum atomic E-state index is -4.81. The van der Waals surface area contributed by atoms with Crippen LogP contribution in [0.1, 0.15) is 12.5 Å². The topological polar surface area (TPSA) is 59.9 Å². The first kappa shape index (κ1) is 22.8. The normalized spacial score (nSPS) is 11.8. The summed E-state index contributed by atoms with van der Waals surface area (Å²) in [6, 6.07) is 20.5. The number of nitrogens with zero attached hydrogens (tertiary/aromatic N) is 2. The van der Waals surface area contributed by atoms with E-state index >= 15 is 0 Å². The third kappa shape index (κ3) is 4.08. The standard InChI is InChI=1S/C26H18F3N3O2S/c1-2-34-21-10-6-5-9-20(21)32-23-22(24(33)31-25(32)35)18(26(27,28)29)14-19(30-23)17-12-11-15-7-3-4-8-16(15)13-17/h3-14H,2H2,1H3,(H,31,33,35). The molecule has 5 aromatic rings. The predicted molar refractivity (Wildman–Crippen MR) is 132 cm³/mol. The number of pyridine rings is 1. The molecule has 0 aliphatic rings. The Bertz CT molecular complexity index is 1710. The van der Waals surface area contributed by atoms with Gasteiger partial charge in [0.2, 0.25) is 0 Å². The largest absolute Gasteiger partial charge is 0.492 e. The van der Waals surface area contributed by atoms with Gasteiger partial charge in [0, 0.05) is 5.56 Å². The number of fused-ring (bicyclic) bond motifs is 2. The van der Waals surface area contributed by atoms with Crippen molar-refractivity contribution in [3.05, 3.63) is 93.5 Å². The van der Waals surface area contributed by atoms with E-state index < -0.39 is 22.7 Å². The first-order chi connectivity index (χ1) is 16.8. The number of hydrogen-bond acceptors (Lipinski definition) is 4. The minimum Gasteiger partial charge on any atom is -0.492 e. The average Bonchev–Trinajstić information content (AvgIpc) is 2.83. The Labute approximate surface area is 202 Å². The van der Waals surface area contributed by atoms with Crippen LogP contribution in [0, 0.1) is 4.77 Å². The lowest BCUT2D eigenvalue weighted by Crippen LogP contribution is -2.20. The van der Waals surface area contributed by atoms with Crippen molar-refractivity contribution in [2.24, 2.45) is 0 Å². The van der Waals surface area contributed by atoms with Crippen molar-refractivity contribution >= 4 is 34.0 Å². The number of aromatic nitrogens is 3. The second kappa shape index (κ2) is 8.66. The number of para-hydroxylation sites is 2. The summed E-state index contributed by atoms with van der Waals surface area (Å²) in [6.45, 7) is 2.12. The van der Waals surface area contributed by atoms with Gasteiger partial charge in [-0.05, 0) is 54.2 Å². The number of hydrogen-bond donors (Lipinski definition) is 1. The van der Waals surface area contributed by atoms with Gasteiger partial charge in [0.05, 0.1) is 28.9 Å². The van der Waals surface area contributed by atoms with Crippen LogP contribution < -0.4 is 10.3 Å². The zero-order valence-corrected chi connectivity index (χ0v) is 19.2. The molecule has 0 spiro atoms. The van der Waals surface area contributed by atoms with Crippen LogP contribution >= 0.6 is 12.2 Å². The molecular weight excluding hydrogens is 475 g/mol. The summed E-state index contributed by atoms with van der Waals surface area (Å²) in [5.41, 5.74) is -1.34. The van der Waals surface area contributed by atoms with Crippen LogP contribution in [0.15, 0.2) is 77.6 Å². The van der Waals surface area contributed by atoms with Crippen molar-refractivity contribution in [2.75, 3.05) is 6.61 Å². The van der Waals surface area contributed by atoms with Crippen molar-refractivity contribution in [1.29, 1.82) is 0 Å². The summed E-state index contributed by atoms with van der Waals surface area (Å²) in [5.74, 6) is 0.394. The molecule has 35 heavy (non-hydrogen) atoms. The molecule has 0 atom stereocenters. The van der Waals surface area contributed by atoms with E-state index in [1.165, 1.54) is 4.57 Å². The van der Waals surface area contributed by atoms with Crippen LogP contribution in [0.4, 0.5) is 13.2 Å². The Morgan fingerprint density at radius 1 is 1.00 bits per heavy atom. The molecule has 0 fully saturated rings. The first-order valence-electron chi connectivity index (χ1n) is 10.8. The number of nitrogens with one attached hydrogen (secondary N) is 1. The molecule has 2 heterocycles. The third-order valence-electron chi connectivity index (χ3n) is 5.62. The predicted octanol–water partition coefficient (Wildman–Crippen LogP) is 6.68. The molecule has 0 saturated carbocycles. The van der Waals surface area contributed by atoms with Crippen molar-refractivity contribution in [3.8, 4) is 22.7 Å². The fraction of sp³-hybridized carbons (Fsp3) is 0.115. The van der Waals surface area contributed by atoms with Gasteiger partial charge in [-0.15, -0.1) is 0 Å². The number of H-pyrrole nitrogens is 1. The minimum absolute atomic E-state index is 0.0678. The molecule has 0 aliphatic heterocycles. The van der Waals surface area contributed by atoms with E-state index in [1.54, 1.807) is 43.3 Å². The van der Waals surface area contributed by atoms with Gasteiger partial charge in [0.15, 0.2) is 10.4 Å². The van der Waals surface area contributed by atoms with Crippen LogP contribution in [0.2, 0.25) is 0 Å². The SMILES string of the molecule is CCOc1ccccc1-n1c(=S)[nH]c(=O)c2c(C(F)(F)F)cc(-c3ccc4ccccc4c3)nc21. The molecule has 176 valence electrons. The Hall–Kier alpha value is -3.98. The highest BCUT2D eigenvalue weighted by Crippen LogP contribution is 2.37. The average molecular weight is 494 g/mol. The Balaban J connectivity index is 1.91. The highest BCUT2D eigenvalue weighted by atomic mass is 32.1. The van der Waals surface area contributed by atoms with E-state index in [0.717, 1.165) is 16.8 Å². The fourth-order valence-electron chi connectivity index (χ4n) is 4.09. The van der Waals surface area contributed by atoms with Crippen LogP contribution in [-0.4, -0.2) is 21.1 Å². The highest BCUT2D eigenvalue weighted by molar-refractivity contribution is 7.71. The number of aromatic amines is 1. The quantitative estimate of drug-likeness (QED) is 0.284. The lowest BCUT2D eigenvalue weighted by atomic mass is 10.0. The number of rotatable bonds is 4. The van der Waals surface area contributed by atoms with Crippen LogP contribution in [0.25, 0.3) is 38.8 Å². The lowest BCUT2D eigenvalue weighted by Gasteiger charge is -2.18. The van der Waals surface area contributed by atoms with E-state index in [-0.39, 0.29) is 16.1 Å².